The lowest BCUT2D eigenvalue weighted by atomic mass is 10.2. The summed E-state index contributed by atoms with van der Waals surface area (Å²) in [5, 5.41) is 5.92. The second kappa shape index (κ2) is 9.54. The van der Waals surface area contributed by atoms with Crippen molar-refractivity contribution >= 4 is 23.2 Å². The van der Waals surface area contributed by atoms with Crippen LogP contribution in [-0.2, 0) is 0 Å². The summed E-state index contributed by atoms with van der Waals surface area (Å²) in [4.78, 5) is 20.9. The van der Waals surface area contributed by atoms with Gasteiger partial charge in [-0.15, -0.1) is 0 Å². The highest BCUT2D eigenvalue weighted by atomic mass is 16.5. The molecule has 0 unspecified atom stereocenters. The zero-order valence-electron chi connectivity index (χ0n) is 16.7. The van der Waals surface area contributed by atoms with Gasteiger partial charge in [0.25, 0.3) is 5.91 Å². The molecule has 1 aromatic heterocycles. The minimum atomic E-state index is -0.307. The Labute approximate surface area is 170 Å². The first-order valence-corrected chi connectivity index (χ1v) is 9.44. The van der Waals surface area contributed by atoms with Crippen molar-refractivity contribution in [1.29, 1.82) is 0 Å². The third-order valence-corrected chi connectivity index (χ3v) is 3.83. The molecule has 29 heavy (non-hydrogen) atoms. The molecule has 7 heteroatoms. The van der Waals surface area contributed by atoms with E-state index in [0.717, 1.165) is 11.4 Å². The average molecular weight is 392 g/mol. The number of carbonyl (C=O) groups is 1. The standard InChI is InChI=1S/C22H24N4O3/c1-4-28-20-8-6-5-7-19(20)26-21(27)16-13-23-22(24-14-16)25-17-9-11-18(12-10-17)29-15(2)3/h5-15H,4H2,1-3H3,(H,26,27)(H,23,24,25). The van der Waals surface area contributed by atoms with Crippen molar-refractivity contribution in [2.24, 2.45) is 0 Å². The summed E-state index contributed by atoms with van der Waals surface area (Å²) in [6.07, 6.45) is 3.07. The SMILES string of the molecule is CCOc1ccccc1NC(=O)c1cnc(Nc2ccc(OC(C)C)cc2)nc1. The summed E-state index contributed by atoms with van der Waals surface area (Å²) in [7, 11) is 0. The van der Waals surface area contributed by atoms with Gasteiger partial charge >= 0.3 is 0 Å². The van der Waals surface area contributed by atoms with Crippen molar-refractivity contribution in [2.75, 3.05) is 17.2 Å². The number of nitrogens with zero attached hydrogens (tertiary/aromatic N) is 2. The number of nitrogens with one attached hydrogen (secondary N) is 2. The maximum atomic E-state index is 12.5. The number of benzene rings is 2. The number of anilines is 3. The third kappa shape index (κ3) is 5.68. The fourth-order valence-corrected chi connectivity index (χ4v) is 2.57. The van der Waals surface area contributed by atoms with Crippen molar-refractivity contribution in [3.8, 4) is 11.5 Å². The van der Waals surface area contributed by atoms with E-state index >= 15 is 0 Å². The van der Waals surface area contributed by atoms with Gasteiger partial charge < -0.3 is 20.1 Å². The normalized spacial score (nSPS) is 10.5. The second-order valence-electron chi connectivity index (χ2n) is 6.49. The monoisotopic (exact) mass is 392 g/mol. The van der Waals surface area contributed by atoms with E-state index in [9.17, 15) is 4.79 Å². The van der Waals surface area contributed by atoms with E-state index in [1.54, 1.807) is 12.1 Å². The maximum Gasteiger partial charge on any atom is 0.258 e. The fraction of sp³-hybridized carbons (Fsp3) is 0.227. The van der Waals surface area contributed by atoms with Gasteiger partial charge in [-0.25, -0.2) is 9.97 Å². The van der Waals surface area contributed by atoms with Crippen LogP contribution in [0.2, 0.25) is 0 Å². The smallest absolute Gasteiger partial charge is 0.258 e. The highest BCUT2D eigenvalue weighted by Crippen LogP contribution is 2.24. The van der Waals surface area contributed by atoms with Gasteiger partial charge in [-0.1, -0.05) is 12.1 Å². The molecule has 0 aliphatic rings. The van der Waals surface area contributed by atoms with Crippen LogP contribution in [0.15, 0.2) is 60.9 Å². The lowest BCUT2D eigenvalue weighted by Crippen LogP contribution is -2.14. The Morgan fingerprint density at radius 3 is 2.38 bits per heavy atom. The number of amides is 1. The molecule has 0 saturated carbocycles. The van der Waals surface area contributed by atoms with E-state index in [-0.39, 0.29) is 12.0 Å². The van der Waals surface area contributed by atoms with E-state index in [1.807, 2.05) is 57.2 Å². The van der Waals surface area contributed by atoms with Crippen molar-refractivity contribution in [3.63, 3.8) is 0 Å². The summed E-state index contributed by atoms with van der Waals surface area (Å²) in [5.74, 6) is 1.51. The number of hydrogen-bond acceptors (Lipinski definition) is 6. The molecule has 3 rings (SSSR count). The molecular weight excluding hydrogens is 368 g/mol. The molecule has 1 amide bonds. The summed E-state index contributed by atoms with van der Waals surface area (Å²) in [6.45, 7) is 6.37. The topological polar surface area (TPSA) is 85.4 Å². The van der Waals surface area contributed by atoms with Crippen LogP contribution in [0.25, 0.3) is 0 Å². The lowest BCUT2D eigenvalue weighted by molar-refractivity contribution is 0.102. The van der Waals surface area contributed by atoms with Crippen molar-refractivity contribution in [3.05, 3.63) is 66.5 Å². The number of carbonyl (C=O) groups excluding carboxylic acids is 1. The highest BCUT2D eigenvalue weighted by molar-refractivity contribution is 6.04. The number of aromatic nitrogens is 2. The number of para-hydroxylation sites is 2. The molecule has 0 aliphatic carbocycles. The molecule has 0 fully saturated rings. The maximum absolute atomic E-state index is 12.5. The van der Waals surface area contributed by atoms with E-state index < -0.39 is 0 Å². The van der Waals surface area contributed by atoms with Gasteiger partial charge in [0.15, 0.2) is 0 Å². The number of ether oxygens (including phenoxy) is 2. The first-order chi connectivity index (χ1) is 14.0. The van der Waals surface area contributed by atoms with Crippen LogP contribution in [-0.4, -0.2) is 28.6 Å². The van der Waals surface area contributed by atoms with Crippen LogP contribution in [0.4, 0.5) is 17.3 Å². The van der Waals surface area contributed by atoms with Crippen molar-refractivity contribution in [2.45, 2.75) is 26.9 Å². The van der Waals surface area contributed by atoms with E-state index in [0.29, 0.717) is 29.6 Å². The summed E-state index contributed by atoms with van der Waals surface area (Å²) < 4.78 is 11.1. The Morgan fingerprint density at radius 2 is 1.72 bits per heavy atom. The molecule has 3 aromatic rings. The Morgan fingerprint density at radius 1 is 1.03 bits per heavy atom. The quantitative estimate of drug-likeness (QED) is 0.580. The van der Waals surface area contributed by atoms with Crippen LogP contribution >= 0.6 is 0 Å². The molecule has 1 heterocycles. The Bertz CT molecular complexity index is 941. The average Bonchev–Trinajstić information content (AvgIpc) is 2.71. The van der Waals surface area contributed by atoms with Crippen LogP contribution in [0.5, 0.6) is 11.5 Å². The van der Waals surface area contributed by atoms with Crippen LogP contribution in [0.1, 0.15) is 31.1 Å². The molecule has 0 atom stereocenters. The fourth-order valence-electron chi connectivity index (χ4n) is 2.57. The second-order valence-corrected chi connectivity index (χ2v) is 6.49. The molecular formula is C22H24N4O3. The molecule has 0 saturated heterocycles. The van der Waals surface area contributed by atoms with Gasteiger partial charge in [0.1, 0.15) is 11.5 Å². The molecule has 0 aliphatic heterocycles. The van der Waals surface area contributed by atoms with E-state index in [2.05, 4.69) is 20.6 Å². The predicted octanol–water partition coefficient (Wildman–Crippen LogP) is 4.66. The molecule has 0 radical (unpaired) electrons. The molecule has 150 valence electrons. The number of rotatable bonds is 8. The van der Waals surface area contributed by atoms with Crippen LogP contribution in [0, 0.1) is 0 Å². The molecule has 7 nitrogen and oxygen atoms in total. The largest absolute Gasteiger partial charge is 0.492 e. The van der Waals surface area contributed by atoms with Gasteiger partial charge in [-0.3, -0.25) is 4.79 Å². The lowest BCUT2D eigenvalue weighted by Gasteiger charge is -2.11. The zero-order chi connectivity index (χ0) is 20.6. The van der Waals surface area contributed by atoms with Crippen LogP contribution < -0.4 is 20.1 Å². The Balaban J connectivity index is 1.63. The first-order valence-electron chi connectivity index (χ1n) is 9.44. The first kappa shape index (κ1) is 20.1. The van der Waals surface area contributed by atoms with E-state index in [1.165, 1.54) is 12.4 Å². The minimum Gasteiger partial charge on any atom is -0.492 e. The van der Waals surface area contributed by atoms with E-state index in [4.69, 9.17) is 9.47 Å². The Kier molecular flexibility index (Phi) is 6.63. The van der Waals surface area contributed by atoms with Gasteiger partial charge in [-0.05, 0) is 57.2 Å². The number of hydrogen-bond donors (Lipinski definition) is 2. The summed E-state index contributed by atoms with van der Waals surface area (Å²) >= 11 is 0. The van der Waals surface area contributed by atoms with Gasteiger partial charge in [-0.2, -0.15) is 0 Å². The highest BCUT2D eigenvalue weighted by Gasteiger charge is 2.11. The molecule has 2 N–H and O–H groups in total. The van der Waals surface area contributed by atoms with Crippen LogP contribution in [0.3, 0.4) is 0 Å². The van der Waals surface area contributed by atoms with Crippen molar-refractivity contribution < 1.29 is 14.3 Å². The molecule has 0 bridgehead atoms. The molecule has 2 aromatic carbocycles. The van der Waals surface area contributed by atoms with Crippen molar-refractivity contribution in [1.82, 2.24) is 9.97 Å². The third-order valence-electron chi connectivity index (χ3n) is 3.83. The summed E-state index contributed by atoms with van der Waals surface area (Å²) in [6, 6.07) is 14.8. The van der Waals surface area contributed by atoms with Gasteiger partial charge in [0.2, 0.25) is 5.95 Å². The predicted molar refractivity (Wildman–Crippen MR) is 113 cm³/mol. The van der Waals surface area contributed by atoms with Gasteiger partial charge in [0, 0.05) is 18.1 Å². The summed E-state index contributed by atoms with van der Waals surface area (Å²) in [5.41, 5.74) is 1.77. The zero-order valence-corrected chi connectivity index (χ0v) is 16.7. The molecule has 0 spiro atoms. The Hall–Kier alpha value is -3.61. The minimum absolute atomic E-state index is 0.122. The van der Waals surface area contributed by atoms with Gasteiger partial charge in [0.05, 0.1) is 24.0 Å².